The first-order valence-electron chi connectivity index (χ1n) is 6.67. The molecule has 0 bridgehead atoms. The van der Waals surface area contributed by atoms with Gasteiger partial charge in [-0.25, -0.2) is 0 Å². The van der Waals surface area contributed by atoms with Crippen LogP contribution in [0.5, 0.6) is 0 Å². The summed E-state index contributed by atoms with van der Waals surface area (Å²) in [5.41, 5.74) is 3.54. The van der Waals surface area contributed by atoms with E-state index in [0.717, 1.165) is 23.7 Å². The van der Waals surface area contributed by atoms with Gasteiger partial charge in [-0.3, -0.25) is 4.68 Å². The molecule has 0 saturated carbocycles. The van der Waals surface area contributed by atoms with Crippen LogP contribution in [-0.2, 0) is 13.5 Å². The van der Waals surface area contributed by atoms with Crippen LogP contribution in [0.2, 0.25) is 5.02 Å². The molecule has 1 heterocycles. The van der Waals surface area contributed by atoms with Crippen molar-refractivity contribution in [3.63, 3.8) is 0 Å². The molecular formula is C15H20ClN3. The van der Waals surface area contributed by atoms with Crippen molar-refractivity contribution in [2.24, 2.45) is 7.05 Å². The Kier molecular flexibility index (Phi) is 4.61. The molecule has 1 unspecified atom stereocenters. The molecule has 19 heavy (non-hydrogen) atoms. The van der Waals surface area contributed by atoms with Crippen LogP contribution in [0.15, 0.2) is 30.5 Å². The van der Waals surface area contributed by atoms with Gasteiger partial charge in [-0.15, -0.1) is 0 Å². The number of nitrogens with zero attached hydrogens (tertiary/aromatic N) is 2. The second-order valence-electron chi connectivity index (χ2n) is 4.60. The Balaban J connectivity index is 2.44. The third-order valence-electron chi connectivity index (χ3n) is 3.17. The number of hydrogen-bond acceptors (Lipinski definition) is 2. The fourth-order valence-corrected chi connectivity index (χ4v) is 2.57. The van der Waals surface area contributed by atoms with Gasteiger partial charge in [0.05, 0.1) is 11.7 Å². The molecule has 0 fully saturated rings. The lowest BCUT2D eigenvalue weighted by atomic mass is 9.98. The molecule has 0 aliphatic rings. The third-order valence-corrected chi connectivity index (χ3v) is 3.41. The first-order valence-corrected chi connectivity index (χ1v) is 7.04. The molecule has 1 aromatic heterocycles. The normalized spacial score (nSPS) is 12.6. The Morgan fingerprint density at radius 3 is 2.79 bits per heavy atom. The highest BCUT2D eigenvalue weighted by Gasteiger charge is 2.18. The van der Waals surface area contributed by atoms with Crippen LogP contribution in [0.25, 0.3) is 0 Å². The van der Waals surface area contributed by atoms with E-state index in [1.165, 1.54) is 11.1 Å². The first kappa shape index (κ1) is 14.1. The lowest BCUT2D eigenvalue weighted by molar-refractivity contribution is 0.625. The van der Waals surface area contributed by atoms with Crippen molar-refractivity contribution in [3.05, 3.63) is 52.3 Å². The van der Waals surface area contributed by atoms with Crippen LogP contribution in [0.3, 0.4) is 0 Å². The van der Waals surface area contributed by atoms with Crippen LogP contribution in [0.4, 0.5) is 0 Å². The summed E-state index contributed by atoms with van der Waals surface area (Å²) >= 11 is 6.11. The zero-order valence-electron chi connectivity index (χ0n) is 11.7. The van der Waals surface area contributed by atoms with Crippen molar-refractivity contribution >= 4 is 11.6 Å². The van der Waals surface area contributed by atoms with Gasteiger partial charge in [0.2, 0.25) is 0 Å². The summed E-state index contributed by atoms with van der Waals surface area (Å²) in [5.74, 6) is 0. The van der Waals surface area contributed by atoms with Crippen molar-refractivity contribution < 1.29 is 0 Å². The zero-order chi connectivity index (χ0) is 13.8. The summed E-state index contributed by atoms with van der Waals surface area (Å²) in [4.78, 5) is 0. The molecular weight excluding hydrogens is 258 g/mol. The quantitative estimate of drug-likeness (QED) is 0.908. The summed E-state index contributed by atoms with van der Waals surface area (Å²) in [6, 6.07) is 8.15. The Labute approximate surface area is 119 Å². The monoisotopic (exact) mass is 277 g/mol. The minimum atomic E-state index is 0.146. The highest BCUT2D eigenvalue weighted by Crippen LogP contribution is 2.26. The van der Waals surface area contributed by atoms with E-state index in [-0.39, 0.29) is 6.04 Å². The van der Waals surface area contributed by atoms with Crippen molar-refractivity contribution in [2.45, 2.75) is 26.3 Å². The maximum atomic E-state index is 6.11. The largest absolute Gasteiger partial charge is 0.306 e. The van der Waals surface area contributed by atoms with Crippen molar-refractivity contribution in [1.82, 2.24) is 15.1 Å². The van der Waals surface area contributed by atoms with E-state index >= 15 is 0 Å². The van der Waals surface area contributed by atoms with Gasteiger partial charge in [0.25, 0.3) is 0 Å². The van der Waals surface area contributed by atoms with Gasteiger partial charge in [0.1, 0.15) is 0 Å². The van der Waals surface area contributed by atoms with Crippen LogP contribution >= 0.6 is 11.6 Å². The summed E-state index contributed by atoms with van der Waals surface area (Å²) in [6.07, 6.45) is 3.02. The maximum absolute atomic E-state index is 6.11. The van der Waals surface area contributed by atoms with E-state index in [1.54, 1.807) is 0 Å². The summed E-state index contributed by atoms with van der Waals surface area (Å²) in [6.45, 7) is 5.14. The lowest BCUT2D eigenvalue weighted by Crippen LogP contribution is -2.22. The fourth-order valence-electron chi connectivity index (χ4n) is 2.37. The molecule has 0 aliphatic heterocycles. The van der Waals surface area contributed by atoms with Gasteiger partial charge in [-0.2, -0.15) is 5.10 Å². The van der Waals surface area contributed by atoms with Gasteiger partial charge in [-0.1, -0.05) is 37.6 Å². The van der Waals surface area contributed by atoms with Gasteiger partial charge in [0, 0.05) is 23.8 Å². The third kappa shape index (κ3) is 3.17. The minimum absolute atomic E-state index is 0.146. The molecule has 2 aromatic rings. The van der Waals surface area contributed by atoms with Gasteiger partial charge in [-0.05, 0) is 30.7 Å². The van der Waals surface area contributed by atoms with Gasteiger partial charge >= 0.3 is 0 Å². The Morgan fingerprint density at radius 1 is 1.37 bits per heavy atom. The molecule has 0 spiro atoms. The lowest BCUT2D eigenvalue weighted by Gasteiger charge is -2.18. The maximum Gasteiger partial charge on any atom is 0.0673 e. The number of halogens is 1. The highest BCUT2D eigenvalue weighted by molar-refractivity contribution is 6.30. The van der Waals surface area contributed by atoms with E-state index in [1.807, 2.05) is 29.9 Å². The molecule has 0 radical (unpaired) electrons. The minimum Gasteiger partial charge on any atom is -0.306 e. The van der Waals surface area contributed by atoms with Crippen molar-refractivity contribution in [2.75, 3.05) is 6.54 Å². The second-order valence-corrected chi connectivity index (χ2v) is 5.04. The van der Waals surface area contributed by atoms with Crippen molar-refractivity contribution in [3.8, 4) is 0 Å². The average molecular weight is 278 g/mol. The molecule has 102 valence electrons. The molecule has 3 nitrogen and oxygen atoms in total. The number of hydrogen-bond donors (Lipinski definition) is 1. The molecule has 1 atom stereocenters. The summed E-state index contributed by atoms with van der Waals surface area (Å²) < 4.78 is 1.88. The number of nitrogens with one attached hydrogen (secondary N) is 1. The van der Waals surface area contributed by atoms with Gasteiger partial charge < -0.3 is 5.32 Å². The summed E-state index contributed by atoms with van der Waals surface area (Å²) in [7, 11) is 1.96. The number of aromatic nitrogens is 2. The first-order chi connectivity index (χ1) is 9.15. The average Bonchev–Trinajstić information content (AvgIpc) is 2.77. The Bertz CT molecular complexity index is 548. The molecule has 2 rings (SSSR count). The smallest absolute Gasteiger partial charge is 0.0673 e. The van der Waals surface area contributed by atoms with Crippen LogP contribution in [0, 0.1) is 0 Å². The standard InChI is InChI=1S/C15H20ClN3/c1-4-14-13(10-19(3)18-14)15(17-5-2)11-7-6-8-12(16)9-11/h6-10,15,17H,4-5H2,1-3H3. The SMILES string of the molecule is CCNC(c1cccc(Cl)c1)c1cn(C)nc1CC. The van der Waals surface area contributed by atoms with E-state index in [4.69, 9.17) is 11.6 Å². The molecule has 0 amide bonds. The molecule has 0 aliphatic carbocycles. The number of benzene rings is 1. The fraction of sp³-hybridized carbons (Fsp3) is 0.400. The van der Waals surface area contributed by atoms with Crippen LogP contribution in [-0.4, -0.2) is 16.3 Å². The number of rotatable bonds is 5. The van der Waals surface area contributed by atoms with E-state index in [9.17, 15) is 0 Å². The summed E-state index contributed by atoms with van der Waals surface area (Å²) in [5, 5.41) is 8.81. The molecule has 1 aromatic carbocycles. The van der Waals surface area contributed by atoms with E-state index in [2.05, 4.69) is 36.5 Å². The van der Waals surface area contributed by atoms with Crippen molar-refractivity contribution in [1.29, 1.82) is 0 Å². The van der Waals surface area contributed by atoms with E-state index < -0.39 is 0 Å². The van der Waals surface area contributed by atoms with Crippen LogP contribution in [0.1, 0.15) is 36.7 Å². The molecule has 0 saturated heterocycles. The van der Waals surface area contributed by atoms with E-state index in [0.29, 0.717) is 0 Å². The molecule has 1 N–H and O–H groups in total. The van der Waals surface area contributed by atoms with Gasteiger partial charge in [0.15, 0.2) is 0 Å². The predicted molar refractivity (Wildman–Crippen MR) is 79.6 cm³/mol. The topological polar surface area (TPSA) is 29.9 Å². The molecule has 4 heteroatoms. The number of aryl methyl sites for hydroxylation is 2. The Hall–Kier alpha value is -1.32. The predicted octanol–water partition coefficient (Wildman–Crippen LogP) is 3.33. The zero-order valence-corrected chi connectivity index (χ0v) is 12.4. The second kappa shape index (κ2) is 6.22. The highest BCUT2D eigenvalue weighted by atomic mass is 35.5. The Morgan fingerprint density at radius 2 is 2.16 bits per heavy atom. The van der Waals surface area contributed by atoms with Crippen LogP contribution < -0.4 is 5.32 Å².